The Bertz CT molecular complexity index is 718. The number of carbonyl (C=O) groups excluding carboxylic acids is 2. The molecule has 4 rings (SSSR count). The Morgan fingerprint density at radius 1 is 1.10 bits per heavy atom. The lowest BCUT2D eigenvalue weighted by Crippen LogP contribution is -2.58. The Balaban J connectivity index is 1.60. The molecule has 4 aliphatic carbocycles. The first-order valence-corrected chi connectivity index (χ1v) is 11.2. The van der Waals surface area contributed by atoms with Crippen LogP contribution in [0.2, 0.25) is 0 Å². The predicted molar refractivity (Wildman–Crippen MR) is 105 cm³/mol. The summed E-state index contributed by atoms with van der Waals surface area (Å²) in [5, 5.41) is 29.2. The van der Waals surface area contributed by atoms with Crippen molar-refractivity contribution in [3.63, 3.8) is 0 Å². The highest BCUT2D eigenvalue weighted by Crippen LogP contribution is 2.66. The lowest BCUT2D eigenvalue weighted by atomic mass is 9.44. The van der Waals surface area contributed by atoms with E-state index >= 15 is 0 Å². The van der Waals surface area contributed by atoms with Crippen LogP contribution in [0.1, 0.15) is 71.6 Å². The van der Waals surface area contributed by atoms with Gasteiger partial charge < -0.3 is 15.3 Å². The van der Waals surface area contributed by atoms with E-state index in [0.29, 0.717) is 18.8 Å². The van der Waals surface area contributed by atoms with Crippen molar-refractivity contribution >= 4 is 17.5 Å². The van der Waals surface area contributed by atoms with Crippen molar-refractivity contribution in [2.24, 2.45) is 40.4 Å². The highest BCUT2D eigenvalue weighted by atomic mass is 16.4. The first-order valence-electron chi connectivity index (χ1n) is 11.2. The third-order valence-electron chi connectivity index (χ3n) is 9.36. The van der Waals surface area contributed by atoms with Gasteiger partial charge >= 0.3 is 5.97 Å². The van der Waals surface area contributed by atoms with Gasteiger partial charge in [0.05, 0.1) is 12.5 Å². The van der Waals surface area contributed by atoms with Crippen LogP contribution in [0.25, 0.3) is 0 Å². The lowest BCUT2D eigenvalue weighted by molar-refractivity contribution is -0.164. The number of carbonyl (C=O) groups is 3. The van der Waals surface area contributed by atoms with Gasteiger partial charge in [-0.05, 0) is 73.5 Å². The van der Waals surface area contributed by atoms with Crippen molar-refractivity contribution in [3.8, 4) is 0 Å². The quantitative estimate of drug-likeness (QED) is 0.662. The largest absolute Gasteiger partial charge is 0.481 e. The second-order valence-corrected chi connectivity index (χ2v) is 10.8. The number of aliphatic hydroxyl groups excluding tert-OH is 2. The fourth-order valence-electron chi connectivity index (χ4n) is 8.02. The van der Waals surface area contributed by atoms with E-state index in [1.807, 2.05) is 6.92 Å². The Morgan fingerprint density at radius 3 is 2.52 bits per heavy atom. The maximum Gasteiger partial charge on any atom is 0.306 e. The van der Waals surface area contributed by atoms with E-state index in [9.17, 15) is 24.6 Å². The molecule has 1 unspecified atom stereocenters. The minimum Gasteiger partial charge on any atom is -0.481 e. The first-order chi connectivity index (χ1) is 13.6. The molecule has 3 N–H and O–H groups in total. The number of fused-ring (bicyclic) bond motifs is 5. The molecule has 9 atom stereocenters. The normalized spacial score (nSPS) is 47.7. The van der Waals surface area contributed by atoms with Gasteiger partial charge in [0.2, 0.25) is 0 Å². The van der Waals surface area contributed by atoms with E-state index < -0.39 is 35.6 Å². The Labute approximate surface area is 172 Å². The summed E-state index contributed by atoms with van der Waals surface area (Å²) in [5.41, 5.74) is -0.544. The number of carboxylic acid groups (broad SMARTS) is 1. The zero-order valence-corrected chi connectivity index (χ0v) is 17.5. The van der Waals surface area contributed by atoms with E-state index in [4.69, 9.17) is 5.11 Å². The van der Waals surface area contributed by atoms with Crippen LogP contribution in [0.3, 0.4) is 0 Å². The monoisotopic (exact) mass is 406 g/mol. The standard InChI is InChI=1S/C23H34O6/c1-22-8-7-13(24)9-12(22)3-4-14-15-5-6-16(21(29)17(25)10-19(27)28)23(15,2)11-18(26)20(14)22/h12-17,20,24-25H,3-11H2,1-2H3,(H,27,28)/t12-,13+,14-,15-,16+,17?,20+,22-,23-/m0/s1. The van der Waals surface area contributed by atoms with Crippen LogP contribution in [0, 0.1) is 40.4 Å². The van der Waals surface area contributed by atoms with Crippen molar-refractivity contribution in [1.82, 2.24) is 0 Å². The van der Waals surface area contributed by atoms with Gasteiger partial charge in [-0.25, -0.2) is 0 Å². The summed E-state index contributed by atoms with van der Waals surface area (Å²) < 4.78 is 0. The summed E-state index contributed by atoms with van der Waals surface area (Å²) in [5.74, 6) is -0.870. The lowest BCUT2D eigenvalue weighted by Gasteiger charge is -2.59. The highest BCUT2D eigenvalue weighted by Gasteiger charge is 2.64. The maximum atomic E-state index is 13.5. The van der Waals surface area contributed by atoms with Gasteiger partial charge in [0, 0.05) is 18.3 Å². The van der Waals surface area contributed by atoms with Gasteiger partial charge in [-0.2, -0.15) is 0 Å². The smallest absolute Gasteiger partial charge is 0.306 e. The van der Waals surface area contributed by atoms with Crippen LogP contribution >= 0.6 is 0 Å². The van der Waals surface area contributed by atoms with Crippen molar-refractivity contribution in [1.29, 1.82) is 0 Å². The molecular formula is C23H34O6. The summed E-state index contributed by atoms with van der Waals surface area (Å²) in [7, 11) is 0. The Kier molecular flexibility index (Phi) is 5.18. The number of hydrogen-bond acceptors (Lipinski definition) is 5. The summed E-state index contributed by atoms with van der Waals surface area (Å²) in [6.45, 7) is 4.27. The number of carboxylic acids is 1. The molecule has 0 bridgehead atoms. The molecule has 29 heavy (non-hydrogen) atoms. The molecule has 0 radical (unpaired) electrons. The number of rotatable bonds is 4. The van der Waals surface area contributed by atoms with E-state index in [1.54, 1.807) is 0 Å². The Hall–Kier alpha value is -1.27. The van der Waals surface area contributed by atoms with Crippen molar-refractivity contribution in [3.05, 3.63) is 0 Å². The number of aliphatic carboxylic acids is 1. The highest BCUT2D eigenvalue weighted by molar-refractivity contribution is 5.91. The van der Waals surface area contributed by atoms with Gasteiger partial charge in [0.25, 0.3) is 0 Å². The van der Waals surface area contributed by atoms with Crippen molar-refractivity contribution in [2.45, 2.75) is 83.8 Å². The average molecular weight is 407 g/mol. The molecule has 6 nitrogen and oxygen atoms in total. The minimum atomic E-state index is -1.49. The first kappa shape index (κ1) is 21.0. The van der Waals surface area contributed by atoms with Crippen molar-refractivity contribution < 1.29 is 29.7 Å². The molecule has 4 fully saturated rings. The third kappa shape index (κ3) is 3.18. The molecular weight excluding hydrogens is 372 g/mol. The topological polar surface area (TPSA) is 112 Å². The SMILES string of the molecule is C[C@]12CC[C@@H](O)C[C@@H]1CC[C@H]1[C@@H]3CC[C@H](C(=O)C(O)CC(=O)O)[C@@]3(C)CC(=O)[C@@H]12. The van der Waals surface area contributed by atoms with E-state index in [2.05, 4.69) is 6.92 Å². The maximum absolute atomic E-state index is 13.5. The number of hydrogen-bond donors (Lipinski definition) is 3. The van der Waals surface area contributed by atoms with Crippen LogP contribution in [-0.2, 0) is 14.4 Å². The summed E-state index contributed by atoms with van der Waals surface area (Å²) in [6, 6.07) is 0. The van der Waals surface area contributed by atoms with Crippen LogP contribution in [0.15, 0.2) is 0 Å². The third-order valence-corrected chi connectivity index (χ3v) is 9.36. The van der Waals surface area contributed by atoms with Gasteiger partial charge in [0.1, 0.15) is 11.9 Å². The Morgan fingerprint density at radius 2 is 1.83 bits per heavy atom. The minimum absolute atomic E-state index is 0.00428. The van der Waals surface area contributed by atoms with Gasteiger partial charge in [-0.1, -0.05) is 13.8 Å². The molecule has 0 spiro atoms. The number of aliphatic hydroxyl groups is 2. The second-order valence-electron chi connectivity index (χ2n) is 10.8. The average Bonchev–Trinajstić information content (AvgIpc) is 2.97. The zero-order valence-electron chi connectivity index (χ0n) is 17.5. The molecule has 0 aliphatic heterocycles. The molecule has 162 valence electrons. The molecule has 0 amide bonds. The van der Waals surface area contributed by atoms with E-state index in [0.717, 1.165) is 38.5 Å². The van der Waals surface area contributed by atoms with Crippen LogP contribution in [-0.4, -0.2) is 45.1 Å². The summed E-state index contributed by atoms with van der Waals surface area (Å²) in [4.78, 5) is 37.3. The number of ketones is 2. The molecule has 0 aromatic rings. The zero-order chi connectivity index (χ0) is 21.1. The van der Waals surface area contributed by atoms with Gasteiger partial charge in [-0.3, -0.25) is 14.4 Å². The molecule has 0 aromatic carbocycles. The second kappa shape index (κ2) is 7.16. The van der Waals surface area contributed by atoms with Crippen LogP contribution < -0.4 is 0 Å². The van der Waals surface area contributed by atoms with Crippen molar-refractivity contribution in [2.75, 3.05) is 0 Å². The molecule has 0 saturated heterocycles. The molecule has 0 aromatic heterocycles. The van der Waals surface area contributed by atoms with Gasteiger partial charge in [-0.15, -0.1) is 0 Å². The fraction of sp³-hybridized carbons (Fsp3) is 0.870. The number of Topliss-reactive ketones (excluding diaryl/α,β-unsaturated/α-hetero) is 2. The van der Waals surface area contributed by atoms with Gasteiger partial charge in [0.15, 0.2) is 5.78 Å². The van der Waals surface area contributed by atoms with E-state index in [1.165, 1.54) is 0 Å². The molecule has 4 saturated carbocycles. The fourth-order valence-corrected chi connectivity index (χ4v) is 8.02. The summed E-state index contributed by atoms with van der Waals surface area (Å²) in [6.07, 6.45) is 3.94. The molecule has 4 aliphatic rings. The van der Waals surface area contributed by atoms with Crippen LogP contribution in [0.5, 0.6) is 0 Å². The predicted octanol–water partition coefficient (Wildman–Crippen LogP) is 2.59. The summed E-state index contributed by atoms with van der Waals surface area (Å²) >= 11 is 0. The molecule has 6 heteroatoms. The molecule has 0 heterocycles. The van der Waals surface area contributed by atoms with E-state index in [-0.39, 0.29) is 35.1 Å². The van der Waals surface area contributed by atoms with Crippen LogP contribution in [0.4, 0.5) is 0 Å².